The number of hydrogen-bond acceptors (Lipinski definition) is 2. The van der Waals surface area contributed by atoms with E-state index in [9.17, 15) is 35.9 Å². The summed E-state index contributed by atoms with van der Waals surface area (Å²) in [4.78, 5) is 31.0. The third-order valence-corrected chi connectivity index (χ3v) is 14.0. The summed E-state index contributed by atoms with van der Waals surface area (Å²) in [5, 5.41) is 1.53. The Kier molecular flexibility index (Phi) is 17.5. The minimum Gasteiger partial charge on any atom is -0.342 e. The summed E-state index contributed by atoms with van der Waals surface area (Å²) in [6.07, 6.45) is 6.34. The summed E-state index contributed by atoms with van der Waals surface area (Å²) in [6.45, 7) is 2.91. The topological polar surface area (TPSA) is 40.6 Å². The van der Waals surface area contributed by atoms with E-state index in [4.69, 9.17) is 46.4 Å². The van der Waals surface area contributed by atoms with Gasteiger partial charge in [-0.15, -0.1) is 23.2 Å². The highest BCUT2D eigenvalue weighted by Crippen LogP contribution is 2.47. The molecule has 2 amide bonds. The molecule has 0 spiro atoms. The summed E-state index contributed by atoms with van der Waals surface area (Å²) >= 11 is 21.6. The molecule has 0 N–H and O–H groups in total. The Morgan fingerprint density at radius 3 is 1.46 bits per heavy atom. The maximum atomic E-state index is 13.5. The predicted molar refractivity (Wildman–Crippen MR) is 249 cm³/mol. The summed E-state index contributed by atoms with van der Waals surface area (Å²) in [5.74, 6) is 0.985. The molecule has 0 bridgehead atoms. The van der Waals surface area contributed by atoms with Gasteiger partial charge in [-0.05, 0) is 147 Å². The van der Waals surface area contributed by atoms with Gasteiger partial charge in [0.05, 0.1) is 27.3 Å². The Morgan fingerprint density at radius 1 is 0.600 bits per heavy atom. The highest BCUT2D eigenvalue weighted by molar-refractivity contribution is 6.40. The molecule has 2 aliphatic carbocycles. The van der Waals surface area contributed by atoms with Crippen LogP contribution in [0.15, 0.2) is 103 Å². The Hall–Kier alpha value is -3.70. The number of likely N-dealkylation sites (tertiary alicyclic amines) is 2. The fourth-order valence-electron chi connectivity index (χ4n) is 9.55. The Morgan fingerprint density at radius 2 is 1.03 bits per heavy atom. The zero-order chi connectivity index (χ0) is 46.8. The van der Waals surface area contributed by atoms with Crippen molar-refractivity contribution < 1.29 is 35.9 Å². The van der Waals surface area contributed by atoms with E-state index >= 15 is 0 Å². The lowest BCUT2D eigenvalue weighted by Crippen LogP contribution is -2.53. The molecule has 4 aromatic carbocycles. The van der Waals surface area contributed by atoms with Gasteiger partial charge in [0.1, 0.15) is 0 Å². The average Bonchev–Trinajstić information content (AvgIpc) is 3.26. The Bertz CT molecular complexity index is 2190. The molecule has 2 atom stereocenters. The lowest BCUT2D eigenvalue weighted by atomic mass is 9.63. The van der Waals surface area contributed by atoms with Gasteiger partial charge < -0.3 is 9.80 Å². The number of carbonyl (C=O) groups excluding carboxylic acids is 2. The van der Waals surface area contributed by atoms with Crippen molar-refractivity contribution in [1.29, 1.82) is 0 Å². The second-order valence-corrected chi connectivity index (χ2v) is 19.3. The van der Waals surface area contributed by atoms with Crippen LogP contribution < -0.4 is 0 Å². The zero-order valence-corrected chi connectivity index (χ0v) is 39.1. The second kappa shape index (κ2) is 22.4. The van der Waals surface area contributed by atoms with Crippen molar-refractivity contribution in [3.05, 3.63) is 147 Å². The van der Waals surface area contributed by atoms with Gasteiger partial charge in [0.15, 0.2) is 0 Å². The van der Waals surface area contributed by atoms with E-state index in [1.54, 1.807) is 12.1 Å². The highest BCUT2D eigenvalue weighted by atomic mass is 35.5. The first-order chi connectivity index (χ1) is 31.0. The van der Waals surface area contributed by atoms with Crippen molar-refractivity contribution in [1.82, 2.24) is 9.80 Å². The minimum atomic E-state index is -4.33. The molecule has 350 valence electrons. The number of carbonyl (C=O) groups is 2. The SMILES string of the molecule is ClCCl.O=C(N1CCCC(/C=C/c2ccc(C(F)(F)F)cc2)C1)C1(c2ccc(Cl)cc2)CCC1.O=C(N1CCCC(CCc2ccc(C(F)(F)F)cc2)C1)C1(c2ccc(Cl)cc2)CCC1. The van der Waals surface area contributed by atoms with Gasteiger partial charge in [-0.25, -0.2) is 0 Å². The molecule has 2 unspecified atom stereocenters. The summed E-state index contributed by atoms with van der Waals surface area (Å²) < 4.78 is 76.4. The van der Waals surface area contributed by atoms with E-state index in [1.165, 1.54) is 12.1 Å². The van der Waals surface area contributed by atoms with E-state index in [-0.39, 0.29) is 23.1 Å². The smallest absolute Gasteiger partial charge is 0.342 e. The molecule has 4 aromatic rings. The first-order valence-corrected chi connectivity index (χ1v) is 24.0. The number of alkyl halides is 8. The number of halogens is 10. The van der Waals surface area contributed by atoms with Crippen LogP contribution in [0.3, 0.4) is 0 Å². The lowest BCUT2D eigenvalue weighted by Gasteiger charge is -2.46. The number of nitrogens with zero attached hydrogens (tertiary/aromatic N) is 2. The number of benzene rings is 4. The van der Waals surface area contributed by atoms with Gasteiger partial charge in [0, 0.05) is 36.2 Å². The van der Waals surface area contributed by atoms with Crippen LogP contribution in [-0.2, 0) is 39.2 Å². The van der Waals surface area contributed by atoms with Gasteiger partial charge >= 0.3 is 12.4 Å². The van der Waals surface area contributed by atoms with Crippen LogP contribution in [0, 0.1) is 11.8 Å². The van der Waals surface area contributed by atoms with Crippen molar-refractivity contribution in [2.24, 2.45) is 11.8 Å². The maximum absolute atomic E-state index is 13.5. The van der Waals surface area contributed by atoms with Crippen LogP contribution in [0.1, 0.15) is 104 Å². The number of rotatable bonds is 9. The molecule has 8 rings (SSSR count). The van der Waals surface area contributed by atoms with E-state index in [1.807, 2.05) is 70.5 Å². The van der Waals surface area contributed by atoms with E-state index in [0.29, 0.717) is 22.5 Å². The molecule has 2 saturated carbocycles. The molecule has 2 heterocycles. The van der Waals surface area contributed by atoms with Gasteiger partial charge in [-0.2, -0.15) is 26.3 Å². The second-order valence-electron chi connectivity index (χ2n) is 17.6. The standard InChI is InChI=1S/C25H27ClF3NO.C25H25ClF3NO.CH2Cl2/c2*26-22-12-10-20(11-13-22)24(14-2-15-24)23(31)30-16-1-3-19(17-30)5-4-18-6-8-21(9-7-18)25(27,28)29;2-1-3/h6-13,19H,1-5,14-17H2;4-13,19H,1-3,14-17H2;1H2/b;5-4+;. The molecule has 4 fully saturated rings. The monoisotopic (exact) mass is 980 g/mol. The van der Waals surface area contributed by atoms with Crippen molar-refractivity contribution in [2.45, 2.75) is 100 Å². The van der Waals surface area contributed by atoms with E-state index < -0.39 is 34.3 Å². The van der Waals surface area contributed by atoms with Crippen molar-refractivity contribution >= 4 is 64.3 Å². The van der Waals surface area contributed by atoms with Crippen LogP contribution in [0.4, 0.5) is 26.3 Å². The van der Waals surface area contributed by atoms with Crippen LogP contribution in [0.2, 0.25) is 10.0 Å². The zero-order valence-electron chi connectivity index (χ0n) is 36.1. The molecule has 0 radical (unpaired) electrons. The first kappa shape index (κ1) is 50.7. The lowest BCUT2D eigenvalue weighted by molar-refractivity contribution is -0.143. The normalized spacial score (nSPS) is 20.3. The van der Waals surface area contributed by atoms with Crippen LogP contribution in [0.5, 0.6) is 0 Å². The van der Waals surface area contributed by atoms with Gasteiger partial charge in [-0.3, -0.25) is 9.59 Å². The van der Waals surface area contributed by atoms with E-state index in [0.717, 1.165) is 143 Å². The summed E-state index contributed by atoms with van der Waals surface area (Å²) in [6, 6.07) is 25.9. The first-order valence-electron chi connectivity index (χ1n) is 22.2. The fourth-order valence-corrected chi connectivity index (χ4v) is 9.81. The van der Waals surface area contributed by atoms with Crippen molar-refractivity contribution in [2.75, 3.05) is 31.5 Å². The molecule has 14 heteroatoms. The van der Waals surface area contributed by atoms with Crippen molar-refractivity contribution in [3.63, 3.8) is 0 Å². The highest BCUT2D eigenvalue weighted by Gasteiger charge is 2.49. The molecule has 4 aliphatic rings. The largest absolute Gasteiger partial charge is 0.416 e. The third kappa shape index (κ3) is 12.8. The number of hydrogen-bond donors (Lipinski definition) is 0. The molecule has 0 aromatic heterocycles. The summed E-state index contributed by atoms with van der Waals surface area (Å²) in [7, 11) is 0. The predicted octanol–water partition coefficient (Wildman–Crippen LogP) is 14.8. The molecule has 2 saturated heterocycles. The number of aryl methyl sites for hydroxylation is 1. The van der Waals surface area contributed by atoms with Gasteiger partial charge in [0.2, 0.25) is 11.8 Å². The van der Waals surface area contributed by atoms with E-state index in [2.05, 4.69) is 0 Å². The molecular weight excluding hydrogens is 928 g/mol. The Labute approximate surface area is 398 Å². The van der Waals surface area contributed by atoms with Crippen LogP contribution in [0.25, 0.3) is 6.08 Å². The average molecular weight is 983 g/mol. The molecule has 4 nitrogen and oxygen atoms in total. The quantitative estimate of drug-likeness (QED) is 0.124. The van der Waals surface area contributed by atoms with Crippen molar-refractivity contribution in [3.8, 4) is 0 Å². The Balaban J connectivity index is 0.000000203. The maximum Gasteiger partial charge on any atom is 0.416 e. The molecule has 2 aliphatic heterocycles. The van der Waals surface area contributed by atoms with Crippen LogP contribution in [-0.4, -0.2) is 53.1 Å². The number of piperidine rings is 2. The molecular formula is C51H54Cl4F6N2O2. The third-order valence-electron chi connectivity index (χ3n) is 13.5. The van der Waals surface area contributed by atoms with Gasteiger partial charge in [-0.1, -0.05) is 96.7 Å². The number of amides is 2. The van der Waals surface area contributed by atoms with Crippen LogP contribution >= 0.6 is 46.4 Å². The van der Waals surface area contributed by atoms with Gasteiger partial charge in [0.25, 0.3) is 0 Å². The minimum absolute atomic E-state index is 0.189. The summed E-state index contributed by atoms with van der Waals surface area (Å²) in [5.41, 5.74) is 1.62. The fraction of sp³-hybridized carbons (Fsp3) is 0.451. The molecule has 65 heavy (non-hydrogen) atoms.